The molecule has 0 radical (unpaired) electrons. The molecule has 0 saturated heterocycles. The fraction of sp³-hybridized carbons (Fsp3) is 0.333. The molecule has 1 aromatic carbocycles. The van der Waals surface area contributed by atoms with E-state index in [1.807, 2.05) is 43.0 Å². The standard InChI is InChI=1S/C12H18OSi/c1-3-4-8-11-14(2,13)12-9-6-5-7-10-12/h3,5-7,9-10,13H,1,4,8,11H2,2H3. The van der Waals surface area contributed by atoms with Crippen LogP contribution in [0.25, 0.3) is 0 Å². The van der Waals surface area contributed by atoms with E-state index < -0.39 is 8.32 Å². The quantitative estimate of drug-likeness (QED) is 0.446. The van der Waals surface area contributed by atoms with E-state index in [9.17, 15) is 4.80 Å². The zero-order valence-electron chi connectivity index (χ0n) is 8.74. The van der Waals surface area contributed by atoms with Gasteiger partial charge in [-0.3, -0.25) is 0 Å². The van der Waals surface area contributed by atoms with Crippen molar-refractivity contribution >= 4 is 13.5 Å². The van der Waals surface area contributed by atoms with Crippen molar-refractivity contribution in [2.45, 2.75) is 25.4 Å². The highest BCUT2D eigenvalue weighted by molar-refractivity contribution is 6.84. The van der Waals surface area contributed by atoms with Crippen LogP contribution >= 0.6 is 0 Å². The number of rotatable bonds is 5. The topological polar surface area (TPSA) is 20.2 Å². The summed E-state index contributed by atoms with van der Waals surface area (Å²) in [6.07, 6.45) is 3.95. The summed E-state index contributed by atoms with van der Waals surface area (Å²) < 4.78 is 0. The lowest BCUT2D eigenvalue weighted by Gasteiger charge is -2.20. The maximum absolute atomic E-state index is 10.3. The van der Waals surface area contributed by atoms with Gasteiger partial charge in [0.05, 0.1) is 0 Å². The fourth-order valence-electron chi connectivity index (χ4n) is 1.53. The van der Waals surface area contributed by atoms with Crippen molar-refractivity contribution in [2.75, 3.05) is 0 Å². The molecule has 0 aliphatic rings. The predicted octanol–water partition coefficient (Wildman–Crippen LogP) is 2.43. The normalized spacial score (nSPS) is 14.7. The summed E-state index contributed by atoms with van der Waals surface area (Å²) in [4.78, 5) is 10.3. The first-order valence-corrected chi connectivity index (χ1v) is 7.71. The molecule has 0 aliphatic carbocycles. The zero-order valence-corrected chi connectivity index (χ0v) is 9.74. The van der Waals surface area contributed by atoms with Crippen LogP contribution in [0.2, 0.25) is 12.6 Å². The van der Waals surface area contributed by atoms with Gasteiger partial charge in [-0.15, -0.1) is 6.58 Å². The summed E-state index contributed by atoms with van der Waals surface area (Å²) in [5.74, 6) is 0. The van der Waals surface area contributed by atoms with Crippen LogP contribution in [0.15, 0.2) is 43.0 Å². The Morgan fingerprint density at radius 1 is 1.36 bits per heavy atom. The highest BCUT2D eigenvalue weighted by Crippen LogP contribution is 2.11. The molecule has 0 fully saturated rings. The number of hydrogen-bond donors (Lipinski definition) is 1. The van der Waals surface area contributed by atoms with Crippen LogP contribution in [-0.2, 0) is 0 Å². The van der Waals surface area contributed by atoms with Crippen molar-refractivity contribution in [3.8, 4) is 0 Å². The van der Waals surface area contributed by atoms with E-state index in [1.165, 1.54) is 0 Å². The Morgan fingerprint density at radius 3 is 2.57 bits per heavy atom. The van der Waals surface area contributed by atoms with Gasteiger partial charge < -0.3 is 4.80 Å². The summed E-state index contributed by atoms with van der Waals surface area (Å²) in [6.45, 7) is 5.69. The average molecular weight is 206 g/mol. The van der Waals surface area contributed by atoms with Crippen molar-refractivity contribution in [3.05, 3.63) is 43.0 Å². The summed E-state index contributed by atoms with van der Waals surface area (Å²) in [7, 11) is -2.16. The maximum Gasteiger partial charge on any atom is 0.217 e. The number of allylic oxidation sites excluding steroid dienone is 1. The third-order valence-corrected chi connectivity index (χ3v) is 5.37. The molecule has 2 heteroatoms. The molecular weight excluding hydrogens is 188 g/mol. The molecule has 14 heavy (non-hydrogen) atoms. The molecule has 1 rings (SSSR count). The van der Waals surface area contributed by atoms with Gasteiger partial charge in [-0.2, -0.15) is 0 Å². The molecule has 0 heterocycles. The monoisotopic (exact) mass is 206 g/mol. The molecule has 0 saturated carbocycles. The van der Waals surface area contributed by atoms with Crippen LogP contribution in [0.5, 0.6) is 0 Å². The molecule has 0 spiro atoms. The van der Waals surface area contributed by atoms with E-state index >= 15 is 0 Å². The van der Waals surface area contributed by atoms with Crippen LogP contribution in [-0.4, -0.2) is 13.1 Å². The largest absolute Gasteiger partial charge is 0.428 e. The third-order valence-electron chi connectivity index (χ3n) is 2.47. The lowest BCUT2D eigenvalue weighted by molar-refractivity contribution is 0.552. The number of hydrogen-bond acceptors (Lipinski definition) is 1. The Bertz CT molecular complexity index is 280. The molecular formula is C12H18OSi. The lowest BCUT2D eigenvalue weighted by atomic mass is 10.3. The molecule has 0 amide bonds. The van der Waals surface area contributed by atoms with E-state index in [0.717, 1.165) is 24.1 Å². The second kappa shape index (κ2) is 5.13. The molecule has 1 unspecified atom stereocenters. The minimum Gasteiger partial charge on any atom is -0.428 e. The molecule has 0 aliphatic heterocycles. The Labute approximate surface area is 87.2 Å². The van der Waals surface area contributed by atoms with E-state index in [-0.39, 0.29) is 0 Å². The van der Waals surface area contributed by atoms with Gasteiger partial charge in [-0.25, -0.2) is 0 Å². The van der Waals surface area contributed by atoms with Gasteiger partial charge in [0.1, 0.15) is 0 Å². The second-order valence-electron chi connectivity index (χ2n) is 3.82. The second-order valence-corrected chi connectivity index (χ2v) is 7.45. The van der Waals surface area contributed by atoms with Crippen molar-refractivity contribution in [1.82, 2.24) is 0 Å². The molecule has 1 N–H and O–H groups in total. The zero-order chi connectivity index (χ0) is 10.4. The fourth-order valence-corrected chi connectivity index (χ4v) is 3.62. The number of benzene rings is 1. The minimum absolute atomic E-state index is 0.920. The third kappa shape index (κ3) is 3.12. The lowest BCUT2D eigenvalue weighted by Crippen LogP contribution is -2.44. The average Bonchev–Trinajstić information content (AvgIpc) is 2.19. The molecule has 0 bridgehead atoms. The van der Waals surface area contributed by atoms with Crippen molar-refractivity contribution in [3.63, 3.8) is 0 Å². The summed E-state index contributed by atoms with van der Waals surface area (Å²) >= 11 is 0. The first kappa shape index (κ1) is 11.2. The molecule has 1 nitrogen and oxygen atoms in total. The van der Waals surface area contributed by atoms with E-state index in [2.05, 4.69) is 6.58 Å². The van der Waals surface area contributed by atoms with Crippen LogP contribution in [0.4, 0.5) is 0 Å². The maximum atomic E-state index is 10.3. The Balaban J connectivity index is 2.61. The molecule has 76 valence electrons. The first-order chi connectivity index (χ1) is 6.67. The Kier molecular flexibility index (Phi) is 4.11. The summed E-state index contributed by atoms with van der Waals surface area (Å²) in [5, 5.41) is 1.13. The molecule has 0 aromatic heterocycles. The Hall–Kier alpha value is -0.863. The highest BCUT2D eigenvalue weighted by Gasteiger charge is 2.25. The van der Waals surface area contributed by atoms with Gasteiger partial charge in [0.15, 0.2) is 0 Å². The van der Waals surface area contributed by atoms with Gasteiger partial charge in [0.2, 0.25) is 8.32 Å². The number of unbranched alkanes of at least 4 members (excludes halogenated alkanes) is 1. The van der Waals surface area contributed by atoms with Gasteiger partial charge in [-0.05, 0) is 30.6 Å². The summed E-state index contributed by atoms with van der Waals surface area (Å²) in [6, 6.07) is 10.9. The van der Waals surface area contributed by atoms with Gasteiger partial charge in [-0.1, -0.05) is 36.4 Å². The van der Waals surface area contributed by atoms with Crippen LogP contribution in [0.3, 0.4) is 0 Å². The van der Waals surface area contributed by atoms with E-state index in [0.29, 0.717) is 0 Å². The van der Waals surface area contributed by atoms with E-state index in [1.54, 1.807) is 0 Å². The van der Waals surface area contributed by atoms with E-state index in [4.69, 9.17) is 0 Å². The molecule has 1 atom stereocenters. The summed E-state index contributed by atoms with van der Waals surface area (Å²) in [5.41, 5.74) is 0. The SMILES string of the molecule is C=CCCC[Si](C)(O)c1ccccc1. The van der Waals surface area contributed by atoms with Gasteiger partial charge >= 0.3 is 0 Å². The van der Waals surface area contributed by atoms with Gasteiger partial charge in [0, 0.05) is 0 Å². The van der Waals surface area contributed by atoms with Crippen LogP contribution in [0.1, 0.15) is 12.8 Å². The molecule has 1 aromatic rings. The highest BCUT2D eigenvalue weighted by atomic mass is 28.4. The smallest absolute Gasteiger partial charge is 0.217 e. The predicted molar refractivity (Wildman–Crippen MR) is 64.2 cm³/mol. The van der Waals surface area contributed by atoms with Crippen molar-refractivity contribution in [1.29, 1.82) is 0 Å². The Morgan fingerprint density at radius 2 is 2.00 bits per heavy atom. The van der Waals surface area contributed by atoms with Crippen LogP contribution in [0, 0.1) is 0 Å². The first-order valence-electron chi connectivity index (χ1n) is 5.05. The van der Waals surface area contributed by atoms with Crippen LogP contribution < -0.4 is 5.19 Å². The van der Waals surface area contributed by atoms with Crippen molar-refractivity contribution < 1.29 is 4.80 Å². The minimum atomic E-state index is -2.16. The van der Waals surface area contributed by atoms with Crippen molar-refractivity contribution in [2.24, 2.45) is 0 Å². The van der Waals surface area contributed by atoms with Gasteiger partial charge in [0.25, 0.3) is 0 Å².